The molecule has 0 saturated carbocycles. The molecule has 19 heteroatoms. The predicted octanol–water partition coefficient (Wildman–Crippen LogP) is 13.8. The predicted molar refractivity (Wildman–Crippen MR) is 291 cm³/mol. The molecule has 1 aliphatic rings. The van der Waals surface area contributed by atoms with E-state index < -0.39 is 9.85 Å². The van der Waals surface area contributed by atoms with E-state index in [1.807, 2.05) is 27.7 Å². The van der Waals surface area contributed by atoms with Crippen LogP contribution in [0.3, 0.4) is 0 Å². The molecule has 1 heterocycles. The van der Waals surface area contributed by atoms with Gasteiger partial charge in [-0.3, -0.25) is 20.2 Å². The monoisotopic (exact) mass is 1050 g/mol. The van der Waals surface area contributed by atoms with E-state index in [2.05, 4.69) is 135 Å². The van der Waals surface area contributed by atoms with Crippen molar-refractivity contribution in [3.63, 3.8) is 0 Å². The van der Waals surface area contributed by atoms with Crippen LogP contribution < -0.4 is 14.7 Å². The summed E-state index contributed by atoms with van der Waals surface area (Å²) in [7, 11) is 2.16. The molecule has 0 atom stereocenters. The van der Waals surface area contributed by atoms with Crippen molar-refractivity contribution < 1.29 is 51.6 Å². The Morgan fingerprint density at radius 3 is 1.30 bits per heavy atom. The summed E-state index contributed by atoms with van der Waals surface area (Å²) in [6, 6.07) is 34.4. The summed E-state index contributed by atoms with van der Waals surface area (Å²) in [4.78, 5) is 26.8. The second-order valence-corrected chi connectivity index (χ2v) is 17.1. The SMILES string of the molecule is CCN(CC)c1ccc(C=CC2=[N+](C)c3ccccc3C2(C)C)cc1.CCN(CC)c1ccc(N=Nc2cc([N+](=O)[O-])ccc2O)c(O)c1.CCN(CC)c1ccc(N=Nc2cc([N+](=O)[O-])ccc2O)c(O)c1.[Co]. The molecule has 0 spiro atoms. The van der Waals surface area contributed by atoms with Crippen LogP contribution in [-0.4, -0.2) is 86.9 Å². The molecule has 0 saturated heterocycles. The third-order valence-electron chi connectivity index (χ3n) is 12.4. The second kappa shape index (κ2) is 27.0. The van der Waals surface area contributed by atoms with Gasteiger partial charge < -0.3 is 35.1 Å². The van der Waals surface area contributed by atoms with Crippen LogP contribution in [0.5, 0.6) is 23.0 Å². The Morgan fingerprint density at radius 2 is 0.905 bits per heavy atom. The molecular weight excluding hydrogens is 988 g/mol. The second-order valence-electron chi connectivity index (χ2n) is 17.1. The van der Waals surface area contributed by atoms with E-state index in [-0.39, 0.29) is 79.3 Å². The van der Waals surface area contributed by atoms with Gasteiger partial charge in [0.15, 0.2) is 5.71 Å². The first kappa shape index (κ1) is 58.4. The first-order valence-electron chi connectivity index (χ1n) is 24.1. The van der Waals surface area contributed by atoms with Crippen molar-refractivity contribution in [2.24, 2.45) is 20.5 Å². The summed E-state index contributed by atoms with van der Waals surface area (Å²) >= 11 is 0. The van der Waals surface area contributed by atoms with Gasteiger partial charge in [-0.25, -0.2) is 0 Å². The molecule has 0 aromatic heterocycles. The number of phenolic OH excluding ortho intramolecular Hbond substituents is 4. The van der Waals surface area contributed by atoms with Crippen LogP contribution in [0, 0.1) is 20.2 Å². The largest absolute Gasteiger partial charge is 0.506 e. The first-order chi connectivity index (χ1) is 34.9. The minimum atomic E-state index is -0.588. The zero-order valence-electron chi connectivity index (χ0n) is 43.2. The molecule has 74 heavy (non-hydrogen) atoms. The van der Waals surface area contributed by atoms with E-state index in [1.54, 1.807) is 36.4 Å². The molecule has 0 bridgehead atoms. The van der Waals surface area contributed by atoms with Crippen molar-refractivity contribution in [2.45, 2.75) is 60.8 Å². The topological polar surface area (TPSA) is 229 Å². The molecule has 391 valence electrons. The van der Waals surface area contributed by atoms with E-state index in [1.165, 1.54) is 52.5 Å². The van der Waals surface area contributed by atoms with E-state index in [9.17, 15) is 40.7 Å². The minimum absolute atomic E-state index is 0. The third-order valence-corrected chi connectivity index (χ3v) is 12.4. The number of anilines is 3. The summed E-state index contributed by atoms with van der Waals surface area (Å²) in [6.45, 7) is 22.4. The summed E-state index contributed by atoms with van der Waals surface area (Å²) in [5.41, 5.74) is 8.23. The van der Waals surface area contributed by atoms with Crippen molar-refractivity contribution in [1.29, 1.82) is 0 Å². The van der Waals surface area contributed by atoms with Gasteiger partial charge in [-0.05, 0) is 116 Å². The van der Waals surface area contributed by atoms with Crippen molar-refractivity contribution in [2.75, 3.05) is 61.0 Å². The molecule has 4 N–H and O–H groups in total. The van der Waals surface area contributed by atoms with Gasteiger partial charge in [-0.1, -0.05) is 30.3 Å². The van der Waals surface area contributed by atoms with Gasteiger partial charge in [0.1, 0.15) is 52.8 Å². The average molecular weight is 1050 g/mol. The number of nitro benzene ring substituents is 2. The van der Waals surface area contributed by atoms with Crippen LogP contribution in [0.15, 0.2) is 148 Å². The Labute approximate surface area is 442 Å². The zero-order valence-corrected chi connectivity index (χ0v) is 44.2. The van der Waals surface area contributed by atoms with Gasteiger partial charge in [0.2, 0.25) is 5.69 Å². The van der Waals surface area contributed by atoms with Crippen molar-refractivity contribution >= 4 is 68.7 Å². The maximum atomic E-state index is 10.8. The number of azo groups is 2. The fourth-order valence-electron chi connectivity index (χ4n) is 8.25. The number of fused-ring (bicyclic) bond motifs is 1. The van der Waals surface area contributed by atoms with Crippen molar-refractivity contribution in [3.05, 3.63) is 159 Å². The summed E-state index contributed by atoms with van der Waals surface area (Å²) in [5, 5.41) is 76.4. The molecule has 0 aliphatic carbocycles. The molecule has 0 amide bonds. The smallest absolute Gasteiger partial charge is 0.271 e. The van der Waals surface area contributed by atoms with Gasteiger partial charge in [0, 0.05) is 127 Å². The van der Waals surface area contributed by atoms with Crippen LogP contribution in [-0.2, 0) is 22.2 Å². The number of hydrogen-bond acceptors (Lipinski definition) is 15. The maximum Gasteiger partial charge on any atom is 0.271 e. The number of hydrogen-bond donors (Lipinski definition) is 4. The van der Waals surface area contributed by atoms with E-state index in [0.717, 1.165) is 62.8 Å². The Morgan fingerprint density at radius 1 is 0.514 bits per heavy atom. The quantitative estimate of drug-likeness (QED) is 0.0290. The van der Waals surface area contributed by atoms with Crippen molar-refractivity contribution in [3.8, 4) is 23.0 Å². The van der Waals surface area contributed by atoms with Gasteiger partial charge in [-0.2, -0.15) is 4.58 Å². The van der Waals surface area contributed by atoms with Crippen LogP contribution in [0.2, 0.25) is 0 Å². The molecule has 0 unspecified atom stereocenters. The average Bonchev–Trinajstić information content (AvgIpc) is 3.57. The van der Waals surface area contributed by atoms with Crippen LogP contribution in [0.4, 0.5) is 56.9 Å². The molecular formula is C55H65CoN10O8+. The number of benzene rings is 6. The maximum absolute atomic E-state index is 10.8. The van der Waals surface area contributed by atoms with Gasteiger partial charge in [0.05, 0.1) is 15.3 Å². The number of para-hydroxylation sites is 1. The van der Waals surface area contributed by atoms with Crippen LogP contribution >= 0.6 is 0 Å². The molecule has 1 radical (unpaired) electrons. The molecule has 6 aromatic carbocycles. The Balaban J connectivity index is 0.000000239. The number of phenols is 4. The molecule has 7 rings (SSSR count). The number of allylic oxidation sites excluding steroid dienone is 1. The Hall–Kier alpha value is -8.16. The minimum Gasteiger partial charge on any atom is -0.506 e. The fourth-order valence-corrected chi connectivity index (χ4v) is 8.25. The standard InChI is InChI=1S/C23H29N2.2C16H18N4O4.Co/c1-6-25(7-2)19-15-12-18(13-16-19)14-17-22-23(3,4)20-10-8-9-11-21(20)24(22)5;2*1-3-19(4-2)11-5-7-13(16(22)10-11)17-18-14-9-12(20(23)24)6-8-15(14)21;/h8-17H,6-7H2,1-5H3;2*5-10,21-22H,3-4H2,1-2H3;/q+1;;;. The van der Waals surface area contributed by atoms with Crippen LogP contribution in [0.25, 0.3) is 6.08 Å². The number of aromatic hydroxyl groups is 4. The number of non-ortho nitro benzene ring substituents is 2. The summed E-state index contributed by atoms with van der Waals surface area (Å²) in [6.07, 6.45) is 4.50. The van der Waals surface area contributed by atoms with Crippen LogP contribution in [0.1, 0.15) is 66.5 Å². The zero-order chi connectivity index (χ0) is 53.4. The van der Waals surface area contributed by atoms with Gasteiger partial charge >= 0.3 is 0 Å². The fraction of sp³-hybridized carbons (Fsp3) is 0.291. The first-order valence-corrected chi connectivity index (χ1v) is 24.1. The van der Waals surface area contributed by atoms with Gasteiger partial charge in [-0.15, -0.1) is 20.5 Å². The normalized spacial score (nSPS) is 12.4. The molecule has 18 nitrogen and oxygen atoms in total. The van der Waals surface area contributed by atoms with E-state index in [0.29, 0.717) is 0 Å². The number of nitrogens with zero attached hydrogens (tertiary/aromatic N) is 10. The Bertz CT molecular complexity index is 2870. The molecule has 1 aliphatic heterocycles. The number of nitro groups is 2. The van der Waals surface area contributed by atoms with Gasteiger partial charge in [0.25, 0.3) is 11.4 Å². The van der Waals surface area contributed by atoms with E-state index >= 15 is 0 Å². The number of rotatable bonds is 17. The molecule has 6 aromatic rings. The molecule has 0 fully saturated rings. The summed E-state index contributed by atoms with van der Waals surface area (Å²) in [5.74, 6) is -0.589. The Kier molecular flexibility index (Phi) is 21.3. The van der Waals surface area contributed by atoms with Crippen molar-refractivity contribution in [1.82, 2.24) is 0 Å². The van der Waals surface area contributed by atoms with E-state index in [4.69, 9.17) is 0 Å². The summed E-state index contributed by atoms with van der Waals surface area (Å²) < 4.78 is 2.32. The third kappa shape index (κ3) is 14.5.